The second-order valence-electron chi connectivity index (χ2n) is 14.2. The summed E-state index contributed by atoms with van der Waals surface area (Å²) < 4.78 is 0. The van der Waals surface area contributed by atoms with E-state index in [1.807, 2.05) is 141 Å². The molecule has 6 aromatic rings. The van der Waals surface area contributed by atoms with E-state index in [4.69, 9.17) is 4.98 Å². The zero-order valence-corrected chi connectivity index (χ0v) is 31.3. The van der Waals surface area contributed by atoms with Crippen molar-refractivity contribution in [1.82, 2.24) is 49.9 Å². The number of likely N-dealkylation sites (tertiary alicyclic amines) is 1. The monoisotopic (exact) mass is 722 g/mol. The smallest absolute Gasteiger partial charge is 0.245 e. The van der Waals surface area contributed by atoms with Gasteiger partial charge in [0.2, 0.25) is 11.8 Å². The van der Waals surface area contributed by atoms with Gasteiger partial charge in [0.05, 0.1) is 54.0 Å². The summed E-state index contributed by atoms with van der Waals surface area (Å²) >= 11 is 0. The van der Waals surface area contributed by atoms with Crippen LogP contribution in [0.2, 0.25) is 0 Å². The molecule has 3 N–H and O–H groups in total. The highest BCUT2D eigenvalue weighted by Crippen LogP contribution is 2.35. The molecule has 1 fully saturated rings. The van der Waals surface area contributed by atoms with E-state index >= 15 is 0 Å². The van der Waals surface area contributed by atoms with Gasteiger partial charge in [-0.15, -0.1) is 0 Å². The second kappa shape index (κ2) is 15.9. The standard InChI is InChI=1S/C42H46N10O2/c1-27(47-41(53)37(50(2)3)30-13-8-6-9-14-30)39-45-26-35(49-39)34-25-43-32(23-44-34)28-18-20-29(21-19-28)33-24-46-40(48-33)36-17-12-22-52(36)42(54)38(51(4)5)31-15-10-7-11-16-31/h6-11,13-16,18-21,23-27,36-38H,12,17,22H2,1-5H3,(H,45,49)(H,46,48)(H,47,53)/t27-,36?,37-,38?/m0/s1. The number of amides is 2. The van der Waals surface area contributed by atoms with Gasteiger partial charge in [-0.05, 0) is 64.6 Å². The first-order valence-electron chi connectivity index (χ1n) is 18.2. The van der Waals surface area contributed by atoms with Crippen LogP contribution in [-0.2, 0) is 9.59 Å². The van der Waals surface area contributed by atoms with Gasteiger partial charge in [0, 0.05) is 12.1 Å². The molecule has 4 heterocycles. The Morgan fingerprint density at radius 1 is 0.704 bits per heavy atom. The van der Waals surface area contributed by atoms with Crippen molar-refractivity contribution >= 4 is 11.8 Å². The number of hydrogen-bond donors (Lipinski definition) is 3. The Balaban J connectivity index is 0.992. The maximum absolute atomic E-state index is 13.9. The van der Waals surface area contributed by atoms with Crippen molar-refractivity contribution < 1.29 is 9.59 Å². The lowest BCUT2D eigenvalue weighted by Crippen LogP contribution is -2.40. The van der Waals surface area contributed by atoms with E-state index in [9.17, 15) is 9.59 Å². The van der Waals surface area contributed by atoms with Gasteiger partial charge in [-0.2, -0.15) is 0 Å². The molecule has 1 aliphatic heterocycles. The highest BCUT2D eigenvalue weighted by atomic mass is 16.2. The van der Waals surface area contributed by atoms with E-state index in [1.54, 1.807) is 18.6 Å². The molecule has 276 valence electrons. The van der Waals surface area contributed by atoms with Crippen LogP contribution in [0.25, 0.3) is 33.9 Å². The van der Waals surface area contributed by atoms with Crippen LogP contribution < -0.4 is 5.32 Å². The first-order chi connectivity index (χ1) is 26.2. The summed E-state index contributed by atoms with van der Waals surface area (Å²) in [5.41, 5.74) is 6.81. The minimum Gasteiger partial charge on any atom is -0.345 e. The number of hydrogen-bond acceptors (Lipinski definition) is 8. The summed E-state index contributed by atoms with van der Waals surface area (Å²) in [6.07, 6.45) is 8.81. The Hall–Kier alpha value is -5.98. The molecule has 0 bridgehead atoms. The SMILES string of the molecule is C[C@H](NC(=O)[C@H](c1ccccc1)N(C)C)c1ncc(-c2cnc(-c3ccc(-c4cnc(C5CCCN5C(=O)C(c5ccccc5)N(C)C)[nH]4)cc3)cn2)[nH]1. The quantitative estimate of drug-likeness (QED) is 0.133. The van der Waals surface area contributed by atoms with Crippen LogP contribution in [0.5, 0.6) is 0 Å². The molecule has 0 radical (unpaired) electrons. The molecule has 3 aromatic heterocycles. The first-order valence-corrected chi connectivity index (χ1v) is 18.2. The van der Waals surface area contributed by atoms with Crippen molar-refractivity contribution in [2.45, 2.75) is 43.9 Å². The van der Waals surface area contributed by atoms with Crippen LogP contribution >= 0.6 is 0 Å². The van der Waals surface area contributed by atoms with Crippen molar-refractivity contribution in [2.24, 2.45) is 0 Å². The number of carbonyl (C=O) groups is 2. The molecule has 0 saturated carbocycles. The van der Waals surface area contributed by atoms with Crippen molar-refractivity contribution in [3.8, 4) is 33.9 Å². The molecule has 54 heavy (non-hydrogen) atoms. The van der Waals surface area contributed by atoms with Crippen LogP contribution in [0, 0.1) is 0 Å². The van der Waals surface area contributed by atoms with Crippen LogP contribution in [0.1, 0.15) is 66.7 Å². The van der Waals surface area contributed by atoms with E-state index in [1.165, 1.54) is 0 Å². The summed E-state index contributed by atoms with van der Waals surface area (Å²) in [5.74, 6) is 1.41. The van der Waals surface area contributed by atoms with Gasteiger partial charge < -0.3 is 20.2 Å². The Bertz CT molecular complexity index is 2160. The molecule has 7 rings (SSSR count). The predicted octanol–water partition coefficient (Wildman–Crippen LogP) is 6.37. The predicted molar refractivity (Wildman–Crippen MR) is 209 cm³/mol. The molecule has 3 aromatic carbocycles. The summed E-state index contributed by atoms with van der Waals surface area (Å²) in [6.45, 7) is 2.61. The fourth-order valence-corrected chi connectivity index (χ4v) is 7.23. The Labute approximate surface area is 315 Å². The number of aromatic nitrogens is 6. The highest BCUT2D eigenvalue weighted by Gasteiger charge is 2.37. The van der Waals surface area contributed by atoms with Gasteiger partial charge in [-0.1, -0.05) is 84.9 Å². The van der Waals surface area contributed by atoms with Gasteiger partial charge in [0.15, 0.2) is 0 Å². The van der Waals surface area contributed by atoms with Crippen molar-refractivity contribution in [2.75, 3.05) is 34.7 Å². The molecule has 2 amide bonds. The molecule has 0 spiro atoms. The third kappa shape index (κ3) is 7.71. The van der Waals surface area contributed by atoms with E-state index in [0.717, 1.165) is 52.3 Å². The normalized spacial score (nSPS) is 16.1. The van der Waals surface area contributed by atoms with Gasteiger partial charge in [-0.25, -0.2) is 9.97 Å². The summed E-state index contributed by atoms with van der Waals surface area (Å²) in [4.78, 5) is 58.4. The molecular weight excluding hydrogens is 677 g/mol. The Kier molecular flexibility index (Phi) is 10.7. The lowest BCUT2D eigenvalue weighted by atomic mass is 10.0. The number of nitrogens with zero attached hydrogens (tertiary/aromatic N) is 7. The maximum atomic E-state index is 13.9. The minimum atomic E-state index is -0.422. The molecule has 1 saturated heterocycles. The molecule has 12 nitrogen and oxygen atoms in total. The third-order valence-corrected chi connectivity index (χ3v) is 9.98. The summed E-state index contributed by atoms with van der Waals surface area (Å²) in [6, 6.07) is 26.5. The van der Waals surface area contributed by atoms with Crippen LogP contribution in [-0.4, -0.2) is 91.2 Å². The number of likely N-dealkylation sites (N-methyl/N-ethyl adjacent to an activating group) is 2. The molecule has 2 unspecified atom stereocenters. The van der Waals surface area contributed by atoms with Gasteiger partial charge in [-0.3, -0.25) is 29.4 Å². The topological polar surface area (TPSA) is 139 Å². The Morgan fingerprint density at radius 3 is 1.93 bits per heavy atom. The van der Waals surface area contributed by atoms with E-state index in [-0.39, 0.29) is 29.9 Å². The number of imidazole rings is 2. The second-order valence-corrected chi connectivity index (χ2v) is 14.2. The fraction of sp³-hybridized carbons (Fsp3) is 0.286. The third-order valence-electron chi connectivity index (χ3n) is 9.98. The van der Waals surface area contributed by atoms with Gasteiger partial charge in [0.1, 0.15) is 29.4 Å². The highest BCUT2D eigenvalue weighted by molar-refractivity contribution is 5.84. The zero-order valence-electron chi connectivity index (χ0n) is 31.3. The molecule has 4 atom stereocenters. The van der Waals surface area contributed by atoms with Crippen LogP contribution in [0.3, 0.4) is 0 Å². The van der Waals surface area contributed by atoms with E-state index in [0.29, 0.717) is 23.8 Å². The summed E-state index contributed by atoms with van der Waals surface area (Å²) in [5, 5.41) is 3.09. The minimum absolute atomic E-state index is 0.0898. The van der Waals surface area contributed by atoms with Crippen LogP contribution in [0.15, 0.2) is 110 Å². The summed E-state index contributed by atoms with van der Waals surface area (Å²) in [7, 11) is 7.68. The zero-order chi connectivity index (χ0) is 37.8. The van der Waals surface area contributed by atoms with Gasteiger partial charge >= 0.3 is 0 Å². The van der Waals surface area contributed by atoms with Crippen molar-refractivity contribution in [3.05, 3.63) is 132 Å². The number of benzene rings is 3. The lowest BCUT2D eigenvalue weighted by Gasteiger charge is -2.31. The van der Waals surface area contributed by atoms with E-state index in [2.05, 4.69) is 30.2 Å². The average molecular weight is 723 g/mol. The maximum Gasteiger partial charge on any atom is 0.245 e. The number of aromatic amines is 2. The number of H-pyrrole nitrogens is 2. The largest absolute Gasteiger partial charge is 0.345 e. The number of nitrogens with one attached hydrogen (secondary N) is 3. The number of carbonyl (C=O) groups excluding carboxylic acids is 2. The molecule has 12 heteroatoms. The molecule has 1 aliphatic rings. The Morgan fingerprint density at radius 2 is 1.30 bits per heavy atom. The average Bonchev–Trinajstić information content (AvgIpc) is 3.98. The van der Waals surface area contributed by atoms with Crippen LogP contribution in [0.4, 0.5) is 0 Å². The van der Waals surface area contributed by atoms with E-state index < -0.39 is 6.04 Å². The van der Waals surface area contributed by atoms with Crippen molar-refractivity contribution in [3.63, 3.8) is 0 Å². The van der Waals surface area contributed by atoms with Gasteiger partial charge in [0.25, 0.3) is 0 Å². The molecular formula is C42H46N10O2. The number of rotatable bonds is 12. The van der Waals surface area contributed by atoms with Crippen molar-refractivity contribution in [1.29, 1.82) is 0 Å². The fourth-order valence-electron chi connectivity index (χ4n) is 7.23. The first kappa shape index (κ1) is 36.4. The molecule has 0 aliphatic carbocycles. The lowest BCUT2D eigenvalue weighted by molar-refractivity contribution is -0.137.